The third-order valence-corrected chi connectivity index (χ3v) is 3.94. The molecule has 0 saturated carbocycles. The number of halogens is 1. The highest BCUT2D eigenvalue weighted by atomic mass is 79.9. The molecule has 116 valence electrons. The van der Waals surface area contributed by atoms with Crippen molar-refractivity contribution in [2.24, 2.45) is 0 Å². The van der Waals surface area contributed by atoms with Crippen molar-refractivity contribution in [2.75, 3.05) is 7.11 Å². The fraction of sp³-hybridized carbons (Fsp3) is 0.118. The van der Waals surface area contributed by atoms with E-state index in [4.69, 9.17) is 9.26 Å². The molecule has 0 bridgehead atoms. The maximum absolute atomic E-state index is 11.6. The fourth-order valence-electron chi connectivity index (χ4n) is 2.19. The SMILES string of the molecule is COC(=O)c1ccc(-c2noc(-c3ccc(Br)cc3)n2)cc1C. The molecule has 0 radical (unpaired) electrons. The molecule has 0 unspecified atom stereocenters. The van der Waals surface area contributed by atoms with Crippen LogP contribution in [0.4, 0.5) is 0 Å². The summed E-state index contributed by atoms with van der Waals surface area (Å²) in [7, 11) is 1.36. The van der Waals surface area contributed by atoms with E-state index < -0.39 is 0 Å². The van der Waals surface area contributed by atoms with Crippen molar-refractivity contribution >= 4 is 21.9 Å². The van der Waals surface area contributed by atoms with E-state index in [2.05, 4.69) is 26.1 Å². The van der Waals surface area contributed by atoms with Crippen molar-refractivity contribution in [2.45, 2.75) is 6.92 Å². The molecule has 1 heterocycles. The van der Waals surface area contributed by atoms with Crippen molar-refractivity contribution in [1.29, 1.82) is 0 Å². The van der Waals surface area contributed by atoms with Gasteiger partial charge in [-0.05, 0) is 48.9 Å². The Morgan fingerprint density at radius 1 is 1.13 bits per heavy atom. The Kier molecular flexibility index (Phi) is 4.25. The van der Waals surface area contributed by atoms with Gasteiger partial charge in [0.1, 0.15) is 0 Å². The lowest BCUT2D eigenvalue weighted by Gasteiger charge is -2.04. The number of benzene rings is 2. The Morgan fingerprint density at radius 3 is 2.48 bits per heavy atom. The number of carbonyl (C=O) groups is 1. The summed E-state index contributed by atoms with van der Waals surface area (Å²) >= 11 is 3.39. The smallest absolute Gasteiger partial charge is 0.338 e. The van der Waals surface area contributed by atoms with E-state index in [-0.39, 0.29) is 5.97 Å². The second kappa shape index (κ2) is 6.34. The minimum absolute atomic E-state index is 0.363. The largest absolute Gasteiger partial charge is 0.465 e. The first-order chi connectivity index (χ1) is 11.1. The zero-order valence-electron chi connectivity index (χ0n) is 12.5. The van der Waals surface area contributed by atoms with Crippen LogP contribution >= 0.6 is 15.9 Å². The van der Waals surface area contributed by atoms with Gasteiger partial charge in [-0.25, -0.2) is 4.79 Å². The standard InChI is InChI=1S/C17H13BrN2O3/c1-10-9-12(5-8-14(10)17(21)22-2)15-19-16(23-20-15)11-3-6-13(18)7-4-11/h3-9H,1-2H3. The topological polar surface area (TPSA) is 65.2 Å². The Morgan fingerprint density at radius 2 is 1.83 bits per heavy atom. The summed E-state index contributed by atoms with van der Waals surface area (Å²) in [4.78, 5) is 16.0. The number of hydrogen-bond acceptors (Lipinski definition) is 5. The van der Waals surface area contributed by atoms with Crippen LogP contribution in [0, 0.1) is 6.92 Å². The summed E-state index contributed by atoms with van der Waals surface area (Å²) in [5, 5.41) is 4.01. The van der Waals surface area contributed by atoms with Gasteiger partial charge in [0.25, 0.3) is 5.89 Å². The van der Waals surface area contributed by atoms with E-state index in [1.165, 1.54) is 7.11 Å². The molecule has 1 aromatic heterocycles. The minimum Gasteiger partial charge on any atom is -0.465 e. The summed E-state index contributed by atoms with van der Waals surface area (Å²) < 4.78 is 11.0. The highest BCUT2D eigenvalue weighted by molar-refractivity contribution is 9.10. The van der Waals surface area contributed by atoms with Gasteiger partial charge in [-0.1, -0.05) is 27.2 Å². The van der Waals surface area contributed by atoms with Crippen LogP contribution in [-0.2, 0) is 4.74 Å². The number of aromatic nitrogens is 2. The number of carbonyl (C=O) groups excluding carboxylic acids is 1. The zero-order chi connectivity index (χ0) is 16.4. The number of methoxy groups -OCH3 is 1. The first-order valence-electron chi connectivity index (χ1n) is 6.87. The molecule has 0 aliphatic rings. The number of esters is 1. The van der Waals surface area contributed by atoms with E-state index in [1.807, 2.05) is 37.3 Å². The van der Waals surface area contributed by atoms with Gasteiger partial charge in [-0.2, -0.15) is 4.98 Å². The second-order valence-corrected chi connectivity index (χ2v) is 5.87. The Hall–Kier alpha value is -2.47. The van der Waals surface area contributed by atoms with Crippen molar-refractivity contribution in [3.05, 3.63) is 58.1 Å². The molecule has 0 fully saturated rings. The first kappa shape index (κ1) is 15.4. The molecule has 0 atom stereocenters. The second-order valence-electron chi connectivity index (χ2n) is 4.95. The van der Waals surface area contributed by atoms with Crippen LogP contribution in [0.15, 0.2) is 51.5 Å². The van der Waals surface area contributed by atoms with E-state index in [9.17, 15) is 4.79 Å². The molecule has 2 aromatic carbocycles. The molecule has 0 amide bonds. The number of nitrogens with zero attached hydrogens (tertiary/aromatic N) is 2. The number of ether oxygens (including phenoxy) is 1. The molecule has 0 aliphatic heterocycles. The van der Waals surface area contributed by atoms with Gasteiger partial charge >= 0.3 is 5.97 Å². The number of hydrogen-bond donors (Lipinski definition) is 0. The molecule has 6 heteroatoms. The van der Waals surface area contributed by atoms with Crippen molar-refractivity contribution in [3.63, 3.8) is 0 Å². The quantitative estimate of drug-likeness (QED) is 0.642. The summed E-state index contributed by atoms with van der Waals surface area (Å²) in [6.45, 7) is 1.84. The highest BCUT2D eigenvalue weighted by Gasteiger charge is 2.14. The van der Waals surface area contributed by atoms with Crippen LogP contribution in [-0.4, -0.2) is 23.2 Å². The van der Waals surface area contributed by atoms with E-state index in [1.54, 1.807) is 12.1 Å². The van der Waals surface area contributed by atoms with Gasteiger partial charge < -0.3 is 9.26 Å². The van der Waals surface area contributed by atoms with Crippen LogP contribution < -0.4 is 0 Å². The molecule has 0 N–H and O–H groups in total. The van der Waals surface area contributed by atoms with Crippen LogP contribution in [0.25, 0.3) is 22.8 Å². The van der Waals surface area contributed by atoms with Crippen molar-refractivity contribution in [1.82, 2.24) is 10.1 Å². The monoisotopic (exact) mass is 372 g/mol. The molecular formula is C17H13BrN2O3. The fourth-order valence-corrected chi connectivity index (χ4v) is 2.46. The predicted octanol–water partition coefficient (Wildman–Crippen LogP) is 4.26. The Balaban J connectivity index is 1.93. The molecule has 3 aromatic rings. The molecule has 23 heavy (non-hydrogen) atoms. The van der Waals surface area contributed by atoms with Gasteiger partial charge in [-0.3, -0.25) is 0 Å². The van der Waals surface area contributed by atoms with Crippen LogP contribution in [0.1, 0.15) is 15.9 Å². The van der Waals surface area contributed by atoms with E-state index in [0.29, 0.717) is 17.3 Å². The third kappa shape index (κ3) is 3.17. The predicted molar refractivity (Wildman–Crippen MR) is 88.9 cm³/mol. The molecule has 0 spiro atoms. The van der Waals surface area contributed by atoms with Gasteiger partial charge in [-0.15, -0.1) is 0 Å². The first-order valence-corrected chi connectivity index (χ1v) is 7.67. The van der Waals surface area contributed by atoms with Crippen molar-refractivity contribution in [3.8, 4) is 22.8 Å². The Bertz CT molecular complexity index is 857. The van der Waals surface area contributed by atoms with Crippen LogP contribution in [0.2, 0.25) is 0 Å². The van der Waals surface area contributed by atoms with Gasteiger partial charge in [0.15, 0.2) is 0 Å². The van der Waals surface area contributed by atoms with Gasteiger partial charge in [0, 0.05) is 15.6 Å². The molecule has 3 rings (SSSR count). The zero-order valence-corrected chi connectivity index (χ0v) is 14.1. The molecule has 0 saturated heterocycles. The lowest BCUT2D eigenvalue weighted by atomic mass is 10.0. The summed E-state index contributed by atoms with van der Waals surface area (Å²) in [5.74, 6) is 0.558. The maximum atomic E-state index is 11.6. The van der Waals surface area contributed by atoms with Gasteiger partial charge in [0.05, 0.1) is 12.7 Å². The molecule has 0 aliphatic carbocycles. The summed E-state index contributed by atoms with van der Waals surface area (Å²) in [6, 6.07) is 12.9. The van der Waals surface area contributed by atoms with E-state index >= 15 is 0 Å². The average molecular weight is 373 g/mol. The lowest BCUT2D eigenvalue weighted by Crippen LogP contribution is -2.03. The summed E-state index contributed by atoms with van der Waals surface area (Å²) in [6.07, 6.45) is 0. The van der Waals surface area contributed by atoms with Crippen LogP contribution in [0.5, 0.6) is 0 Å². The van der Waals surface area contributed by atoms with Gasteiger partial charge in [0.2, 0.25) is 5.82 Å². The van der Waals surface area contributed by atoms with E-state index in [0.717, 1.165) is 21.2 Å². The highest BCUT2D eigenvalue weighted by Crippen LogP contribution is 2.25. The molecular weight excluding hydrogens is 360 g/mol. The molecule has 5 nitrogen and oxygen atoms in total. The van der Waals surface area contributed by atoms with Crippen LogP contribution in [0.3, 0.4) is 0 Å². The average Bonchev–Trinajstić information content (AvgIpc) is 3.04. The van der Waals surface area contributed by atoms with Crippen molar-refractivity contribution < 1.29 is 14.1 Å². The normalized spacial score (nSPS) is 10.6. The number of aryl methyl sites for hydroxylation is 1. The minimum atomic E-state index is -0.363. The lowest BCUT2D eigenvalue weighted by molar-refractivity contribution is 0.0600. The number of rotatable bonds is 3. The maximum Gasteiger partial charge on any atom is 0.338 e. The third-order valence-electron chi connectivity index (χ3n) is 3.41. The summed E-state index contributed by atoms with van der Waals surface area (Å²) in [5.41, 5.74) is 2.94. The Labute approximate surface area is 141 Å².